The van der Waals surface area contributed by atoms with Crippen LogP contribution in [0.4, 0.5) is 15.8 Å². The fourth-order valence-electron chi connectivity index (χ4n) is 2.16. The van der Waals surface area contributed by atoms with Gasteiger partial charge in [-0.05, 0) is 17.7 Å². The molecular weight excluding hydrogens is 345 g/mol. The molecule has 2 aromatic carbocycles. The Balaban J connectivity index is 1.73. The molecule has 0 fully saturated rings. The van der Waals surface area contributed by atoms with Crippen molar-refractivity contribution in [1.29, 1.82) is 0 Å². The second-order valence-corrected chi connectivity index (χ2v) is 5.51. The highest BCUT2D eigenvalue weighted by atomic mass is 35.5. The van der Waals surface area contributed by atoms with Gasteiger partial charge in [0.15, 0.2) is 11.5 Å². The van der Waals surface area contributed by atoms with Gasteiger partial charge in [-0.1, -0.05) is 41.9 Å². The van der Waals surface area contributed by atoms with Crippen molar-refractivity contribution >= 4 is 28.9 Å². The van der Waals surface area contributed by atoms with Crippen LogP contribution >= 0.6 is 11.6 Å². The van der Waals surface area contributed by atoms with Crippen LogP contribution in [0.5, 0.6) is 0 Å². The van der Waals surface area contributed by atoms with Crippen molar-refractivity contribution in [2.75, 3.05) is 5.32 Å². The Labute approximate surface area is 147 Å². The van der Waals surface area contributed by atoms with Gasteiger partial charge in [-0.25, -0.2) is 18.9 Å². The van der Waals surface area contributed by atoms with Gasteiger partial charge >= 0.3 is 0 Å². The first-order valence-corrected chi connectivity index (χ1v) is 7.56. The third-order valence-corrected chi connectivity index (χ3v) is 3.62. The molecule has 0 spiro atoms. The van der Waals surface area contributed by atoms with Crippen LogP contribution in [0.1, 0.15) is 16.2 Å². The molecule has 0 radical (unpaired) electrons. The van der Waals surface area contributed by atoms with Gasteiger partial charge < -0.3 is 5.32 Å². The second-order valence-electron chi connectivity index (χ2n) is 5.10. The standard InChI is InChI=1S/C17H11ClFN5O/c1-20-12-5-2-4-11(8-12)9-24-10-21-16(23-24)17(25)22-14-7-3-6-13(18)15(14)19/h2-8,10H,9H2,(H,22,25). The quantitative estimate of drug-likeness (QED) is 0.721. The largest absolute Gasteiger partial charge is 0.317 e. The molecule has 1 aromatic heterocycles. The number of anilines is 1. The van der Waals surface area contributed by atoms with Gasteiger partial charge in [-0.2, -0.15) is 0 Å². The molecule has 0 aliphatic heterocycles. The van der Waals surface area contributed by atoms with Crippen molar-refractivity contribution in [1.82, 2.24) is 14.8 Å². The van der Waals surface area contributed by atoms with Gasteiger partial charge in [0.05, 0.1) is 23.8 Å². The van der Waals surface area contributed by atoms with Crippen LogP contribution in [0, 0.1) is 12.4 Å². The Bertz CT molecular complexity index is 979. The summed E-state index contributed by atoms with van der Waals surface area (Å²) < 4.78 is 15.3. The summed E-state index contributed by atoms with van der Waals surface area (Å²) in [5, 5.41) is 6.37. The number of nitrogens with one attached hydrogen (secondary N) is 1. The SMILES string of the molecule is [C-]#[N+]c1cccc(Cn2cnc(C(=O)Nc3cccc(Cl)c3F)n2)c1. The van der Waals surface area contributed by atoms with E-state index in [1.54, 1.807) is 18.2 Å². The predicted molar refractivity (Wildman–Crippen MR) is 91.2 cm³/mol. The zero-order chi connectivity index (χ0) is 17.8. The van der Waals surface area contributed by atoms with Crippen molar-refractivity contribution in [3.05, 3.63) is 82.4 Å². The summed E-state index contributed by atoms with van der Waals surface area (Å²) in [6.07, 6.45) is 1.40. The minimum Gasteiger partial charge on any atom is -0.317 e. The molecule has 0 saturated carbocycles. The summed E-state index contributed by atoms with van der Waals surface area (Å²) in [6, 6.07) is 11.4. The number of aromatic nitrogens is 3. The molecule has 1 N–H and O–H groups in total. The molecule has 0 bridgehead atoms. The summed E-state index contributed by atoms with van der Waals surface area (Å²) in [7, 11) is 0. The third-order valence-electron chi connectivity index (χ3n) is 3.32. The molecule has 25 heavy (non-hydrogen) atoms. The Kier molecular flexibility index (Phi) is 4.73. The fourth-order valence-corrected chi connectivity index (χ4v) is 2.34. The van der Waals surface area contributed by atoms with E-state index in [9.17, 15) is 9.18 Å². The summed E-state index contributed by atoms with van der Waals surface area (Å²) >= 11 is 5.68. The van der Waals surface area contributed by atoms with Gasteiger partial charge in [0.25, 0.3) is 5.91 Å². The highest BCUT2D eigenvalue weighted by molar-refractivity contribution is 6.31. The van der Waals surface area contributed by atoms with Crippen LogP contribution in [-0.2, 0) is 6.54 Å². The normalized spacial score (nSPS) is 10.3. The second kappa shape index (κ2) is 7.11. The maximum atomic E-state index is 13.8. The summed E-state index contributed by atoms with van der Waals surface area (Å²) in [5.74, 6) is -1.46. The van der Waals surface area contributed by atoms with Crippen LogP contribution < -0.4 is 5.32 Å². The van der Waals surface area contributed by atoms with E-state index in [1.165, 1.54) is 29.2 Å². The predicted octanol–water partition coefficient (Wildman–Crippen LogP) is 3.92. The van der Waals surface area contributed by atoms with E-state index in [-0.39, 0.29) is 16.5 Å². The Morgan fingerprint density at radius 3 is 2.92 bits per heavy atom. The number of halogens is 2. The maximum Gasteiger partial charge on any atom is 0.295 e. The molecule has 8 heteroatoms. The lowest BCUT2D eigenvalue weighted by Crippen LogP contribution is -2.15. The van der Waals surface area contributed by atoms with Crippen molar-refractivity contribution in [2.24, 2.45) is 0 Å². The van der Waals surface area contributed by atoms with Crippen LogP contribution in [0.2, 0.25) is 5.02 Å². The van der Waals surface area contributed by atoms with Crippen molar-refractivity contribution in [2.45, 2.75) is 6.54 Å². The number of nitrogens with zero attached hydrogens (tertiary/aromatic N) is 4. The molecule has 1 heterocycles. The summed E-state index contributed by atoms with van der Waals surface area (Å²) in [4.78, 5) is 19.4. The van der Waals surface area contributed by atoms with Crippen molar-refractivity contribution in [3.8, 4) is 0 Å². The highest BCUT2D eigenvalue weighted by Gasteiger charge is 2.15. The first kappa shape index (κ1) is 16.6. The molecule has 124 valence electrons. The average molecular weight is 356 g/mol. The fraction of sp³-hybridized carbons (Fsp3) is 0.0588. The van der Waals surface area contributed by atoms with Gasteiger partial charge in [0.2, 0.25) is 5.82 Å². The zero-order valence-corrected chi connectivity index (χ0v) is 13.5. The van der Waals surface area contributed by atoms with Crippen molar-refractivity contribution in [3.63, 3.8) is 0 Å². The number of hydrogen-bond acceptors (Lipinski definition) is 3. The lowest BCUT2D eigenvalue weighted by molar-refractivity contribution is 0.101. The van der Waals surface area contributed by atoms with E-state index in [0.717, 1.165) is 5.56 Å². The first-order valence-electron chi connectivity index (χ1n) is 7.18. The van der Waals surface area contributed by atoms with E-state index in [1.807, 2.05) is 6.07 Å². The molecule has 0 saturated heterocycles. The van der Waals surface area contributed by atoms with Gasteiger partial charge in [-0.3, -0.25) is 4.79 Å². The molecule has 0 unspecified atom stereocenters. The number of rotatable bonds is 4. The van der Waals surface area contributed by atoms with E-state index >= 15 is 0 Å². The van der Waals surface area contributed by atoms with Gasteiger partial charge in [-0.15, -0.1) is 5.10 Å². The molecule has 3 aromatic rings. The Morgan fingerprint density at radius 2 is 2.12 bits per heavy atom. The third kappa shape index (κ3) is 3.82. The van der Waals surface area contributed by atoms with E-state index in [4.69, 9.17) is 18.2 Å². The Morgan fingerprint density at radius 1 is 1.32 bits per heavy atom. The van der Waals surface area contributed by atoms with Gasteiger partial charge in [0, 0.05) is 0 Å². The summed E-state index contributed by atoms with van der Waals surface area (Å²) in [6.45, 7) is 7.37. The van der Waals surface area contributed by atoms with Crippen molar-refractivity contribution < 1.29 is 9.18 Å². The summed E-state index contributed by atoms with van der Waals surface area (Å²) in [5.41, 5.74) is 1.33. The molecule has 6 nitrogen and oxygen atoms in total. The van der Waals surface area contributed by atoms with Crippen LogP contribution in [0.15, 0.2) is 48.8 Å². The van der Waals surface area contributed by atoms with Crippen LogP contribution in [0.3, 0.4) is 0 Å². The van der Waals surface area contributed by atoms with Gasteiger partial charge in [0.1, 0.15) is 6.33 Å². The lowest BCUT2D eigenvalue weighted by atomic mass is 10.2. The maximum absolute atomic E-state index is 13.8. The van der Waals surface area contributed by atoms with E-state index < -0.39 is 11.7 Å². The zero-order valence-electron chi connectivity index (χ0n) is 12.8. The average Bonchev–Trinajstić information content (AvgIpc) is 3.08. The smallest absolute Gasteiger partial charge is 0.295 e. The van der Waals surface area contributed by atoms with Crippen LogP contribution in [0.25, 0.3) is 4.85 Å². The number of amides is 1. The molecule has 0 aliphatic carbocycles. The number of benzene rings is 2. The van der Waals surface area contributed by atoms with E-state index in [2.05, 4.69) is 20.2 Å². The minimum absolute atomic E-state index is 0.0430. The molecule has 0 atom stereocenters. The minimum atomic E-state index is -0.715. The monoisotopic (exact) mass is 355 g/mol. The number of carbonyl (C=O) groups is 1. The Hall–Kier alpha value is -3.24. The molecule has 1 amide bonds. The molecule has 0 aliphatic rings. The first-order chi connectivity index (χ1) is 12.1. The topological polar surface area (TPSA) is 64.2 Å². The number of carbonyl (C=O) groups excluding carboxylic acids is 1. The number of hydrogen-bond donors (Lipinski definition) is 1. The van der Waals surface area contributed by atoms with E-state index in [0.29, 0.717) is 12.2 Å². The highest BCUT2D eigenvalue weighted by Crippen LogP contribution is 2.22. The van der Waals surface area contributed by atoms with Crippen LogP contribution in [-0.4, -0.2) is 20.7 Å². The molecule has 3 rings (SSSR count). The molecular formula is C17H11ClFN5O. The lowest BCUT2D eigenvalue weighted by Gasteiger charge is -2.05.